The largest absolute Gasteiger partial charge is 0.507 e. The van der Waals surface area contributed by atoms with Crippen LogP contribution in [0.2, 0.25) is 0 Å². The molecule has 1 aliphatic rings. The van der Waals surface area contributed by atoms with Crippen LogP contribution in [-0.2, 0) is 9.59 Å². The van der Waals surface area contributed by atoms with Gasteiger partial charge in [-0.2, -0.15) is 0 Å². The maximum Gasteiger partial charge on any atom is 0.300 e. The molecular formula is C27H24FNO4. The molecule has 1 atom stereocenters. The van der Waals surface area contributed by atoms with Gasteiger partial charge in [-0.05, 0) is 73.4 Å². The molecule has 1 heterocycles. The summed E-state index contributed by atoms with van der Waals surface area (Å²) in [5, 5.41) is 11.4. The number of aliphatic hydroxyl groups excluding tert-OH is 1. The average molecular weight is 445 g/mol. The lowest BCUT2D eigenvalue weighted by atomic mass is 9.93. The zero-order chi connectivity index (χ0) is 23.9. The van der Waals surface area contributed by atoms with Crippen molar-refractivity contribution >= 4 is 23.1 Å². The summed E-state index contributed by atoms with van der Waals surface area (Å²) >= 11 is 0. The zero-order valence-corrected chi connectivity index (χ0v) is 18.8. The number of carbonyl (C=O) groups is 2. The molecule has 0 radical (unpaired) electrons. The standard InChI is InChI=1S/C27H24FNO4/c1-15-6-5-7-20(13-15)29-23(18-8-10-19(28)11-9-18)22(25(31)27(29)32)24(30)21-14-16(2)12-17(3)26(21)33-4/h5-14,23,30H,1-4H3/b24-22+. The Morgan fingerprint density at radius 2 is 1.67 bits per heavy atom. The van der Waals surface area contributed by atoms with E-state index in [0.717, 1.165) is 16.7 Å². The van der Waals surface area contributed by atoms with Crippen molar-refractivity contribution in [3.63, 3.8) is 0 Å². The number of ketones is 1. The van der Waals surface area contributed by atoms with Gasteiger partial charge >= 0.3 is 0 Å². The van der Waals surface area contributed by atoms with E-state index >= 15 is 0 Å². The van der Waals surface area contributed by atoms with E-state index in [-0.39, 0.29) is 11.3 Å². The summed E-state index contributed by atoms with van der Waals surface area (Å²) in [6.07, 6.45) is 0. The summed E-state index contributed by atoms with van der Waals surface area (Å²) in [7, 11) is 1.48. The Morgan fingerprint density at radius 1 is 0.970 bits per heavy atom. The highest BCUT2D eigenvalue weighted by molar-refractivity contribution is 6.51. The number of nitrogens with zero attached hydrogens (tertiary/aromatic N) is 1. The fourth-order valence-corrected chi connectivity index (χ4v) is 4.38. The van der Waals surface area contributed by atoms with Crippen LogP contribution < -0.4 is 9.64 Å². The molecule has 5 nitrogen and oxygen atoms in total. The third-order valence-electron chi connectivity index (χ3n) is 5.79. The molecule has 1 N–H and O–H groups in total. The van der Waals surface area contributed by atoms with Crippen LogP contribution in [0.5, 0.6) is 5.75 Å². The molecule has 3 aromatic rings. The fraction of sp³-hybridized carbons (Fsp3) is 0.185. The lowest BCUT2D eigenvalue weighted by Crippen LogP contribution is -2.29. The van der Waals surface area contributed by atoms with Gasteiger partial charge in [-0.15, -0.1) is 0 Å². The molecule has 1 saturated heterocycles. The monoisotopic (exact) mass is 445 g/mol. The van der Waals surface area contributed by atoms with E-state index in [9.17, 15) is 19.1 Å². The number of amides is 1. The molecule has 0 aliphatic carbocycles. The molecule has 0 saturated carbocycles. The second-order valence-electron chi connectivity index (χ2n) is 8.22. The van der Waals surface area contributed by atoms with E-state index in [1.165, 1.54) is 36.3 Å². The van der Waals surface area contributed by atoms with E-state index < -0.39 is 23.5 Å². The number of rotatable bonds is 4. The summed E-state index contributed by atoms with van der Waals surface area (Å²) in [6.45, 7) is 5.59. The van der Waals surface area contributed by atoms with Crippen LogP contribution in [0.4, 0.5) is 10.1 Å². The number of methoxy groups -OCH3 is 1. The molecule has 6 heteroatoms. The SMILES string of the molecule is COc1c(C)cc(C)cc1/C(O)=C1\C(=O)C(=O)N(c2cccc(C)c2)C1c1ccc(F)cc1. The summed E-state index contributed by atoms with van der Waals surface area (Å²) in [5.74, 6) is -1.94. The Balaban J connectivity index is 2.01. The van der Waals surface area contributed by atoms with Crippen molar-refractivity contribution < 1.29 is 23.8 Å². The van der Waals surface area contributed by atoms with Crippen molar-refractivity contribution in [3.05, 3.63) is 99.9 Å². The molecule has 1 unspecified atom stereocenters. The molecule has 1 amide bonds. The summed E-state index contributed by atoms with van der Waals surface area (Å²) in [6, 6.07) is 15.4. The first-order chi connectivity index (χ1) is 15.7. The van der Waals surface area contributed by atoms with E-state index in [0.29, 0.717) is 22.6 Å². The molecule has 0 spiro atoms. The molecule has 1 aliphatic heterocycles. The Hall–Kier alpha value is -3.93. The van der Waals surface area contributed by atoms with Crippen LogP contribution in [0.25, 0.3) is 5.76 Å². The molecule has 0 bridgehead atoms. The number of aliphatic hydroxyl groups is 1. The highest BCUT2D eigenvalue weighted by Gasteiger charge is 2.47. The smallest absolute Gasteiger partial charge is 0.300 e. The van der Waals surface area contributed by atoms with E-state index in [2.05, 4.69) is 0 Å². The van der Waals surface area contributed by atoms with Crippen LogP contribution in [0.15, 0.2) is 66.2 Å². The number of halogens is 1. The minimum absolute atomic E-state index is 0.0728. The van der Waals surface area contributed by atoms with Crippen LogP contribution >= 0.6 is 0 Å². The topological polar surface area (TPSA) is 66.8 Å². The molecular weight excluding hydrogens is 421 g/mol. The highest BCUT2D eigenvalue weighted by atomic mass is 19.1. The Labute approximate surface area is 191 Å². The van der Waals surface area contributed by atoms with Crippen LogP contribution in [0, 0.1) is 26.6 Å². The van der Waals surface area contributed by atoms with Gasteiger partial charge in [-0.1, -0.05) is 30.3 Å². The first-order valence-corrected chi connectivity index (χ1v) is 10.5. The van der Waals surface area contributed by atoms with Gasteiger partial charge in [0, 0.05) is 5.69 Å². The second kappa shape index (κ2) is 8.54. The van der Waals surface area contributed by atoms with Gasteiger partial charge in [-0.25, -0.2) is 4.39 Å². The molecule has 0 aromatic heterocycles. The lowest BCUT2D eigenvalue weighted by molar-refractivity contribution is -0.132. The third-order valence-corrected chi connectivity index (χ3v) is 5.79. The lowest BCUT2D eigenvalue weighted by Gasteiger charge is -2.26. The van der Waals surface area contributed by atoms with Crippen molar-refractivity contribution in [1.82, 2.24) is 0 Å². The van der Waals surface area contributed by atoms with E-state index in [1.54, 1.807) is 24.3 Å². The van der Waals surface area contributed by atoms with Crippen molar-refractivity contribution in [1.29, 1.82) is 0 Å². The van der Waals surface area contributed by atoms with Crippen molar-refractivity contribution in [3.8, 4) is 5.75 Å². The zero-order valence-electron chi connectivity index (χ0n) is 18.8. The molecule has 168 valence electrons. The minimum Gasteiger partial charge on any atom is -0.507 e. The highest BCUT2D eigenvalue weighted by Crippen LogP contribution is 2.44. The number of carbonyl (C=O) groups excluding carboxylic acids is 2. The van der Waals surface area contributed by atoms with Crippen molar-refractivity contribution in [2.45, 2.75) is 26.8 Å². The number of hydrogen-bond donors (Lipinski definition) is 1. The summed E-state index contributed by atoms with van der Waals surface area (Å²) in [5.41, 5.74) is 3.82. The first-order valence-electron chi connectivity index (χ1n) is 10.5. The van der Waals surface area contributed by atoms with Crippen molar-refractivity contribution in [2.75, 3.05) is 12.0 Å². The molecule has 33 heavy (non-hydrogen) atoms. The molecule has 1 fully saturated rings. The van der Waals surface area contributed by atoms with Gasteiger partial charge in [-0.3, -0.25) is 14.5 Å². The predicted octanol–water partition coefficient (Wildman–Crippen LogP) is 5.39. The maximum absolute atomic E-state index is 13.7. The van der Waals surface area contributed by atoms with Gasteiger partial charge in [0.15, 0.2) is 0 Å². The minimum atomic E-state index is -0.932. The molecule has 3 aromatic carbocycles. The quantitative estimate of drug-likeness (QED) is 0.332. The number of aryl methyl sites for hydroxylation is 3. The Kier molecular flexibility index (Phi) is 5.77. The Bertz CT molecular complexity index is 1290. The number of benzene rings is 3. The van der Waals surface area contributed by atoms with Gasteiger partial charge < -0.3 is 9.84 Å². The van der Waals surface area contributed by atoms with Crippen molar-refractivity contribution in [2.24, 2.45) is 0 Å². The van der Waals surface area contributed by atoms with Crippen LogP contribution in [0.1, 0.15) is 33.9 Å². The third kappa shape index (κ3) is 3.89. The maximum atomic E-state index is 13.7. The van der Waals surface area contributed by atoms with Crippen LogP contribution in [0.3, 0.4) is 0 Å². The molecule has 4 rings (SSSR count). The number of hydrogen-bond acceptors (Lipinski definition) is 4. The van der Waals surface area contributed by atoms with Gasteiger partial charge in [0.25, 0.3) is 11.7 Å². The van der Waals surface area contributed by atoms with Gasteiger partial charge in [0.05, 0.1) is 24.3 Å². The normalized spacial score (nSPS) is 17.5. The second-order valence-corrected chi connectivity index (χ2v) is 8.22. The summed E-state index contributed by atoms with van der Waals surface area (Å²) < 4.78 is 19.2. The first kappa shape index (κ1) is 22.3. The van der Waals surface area contributed by atoms with Crippen LogP contribution in [-0.4, -0.2) is 23.9 Å². The summed E-state index contributed by atoms with van der Waals surface area (Å²) in [4.78, 5) is 27.9. The van der Waals surface area contributed by atoms with Gasteiger partial charge in [0.1, 0.15) is 17.3 Å². The fourth-order valence-electron chi connectivity index (χ4n) is 4.38. The number of anilines is 1. The number of Topliss-reactive ketones (excluding diaryl/α,β-unsaturated/α-hetero) is 1. The Morgan fingerprint density at radius 3 is 2.30 bits per heavy atom. The number of ether oxygens (including phenoxy) is 1. The van der Waals surface area contributed by atoms with E-state index in [4.69, 9.17) is 4.74 Å². The predicted molar refractivity (Wildman–Crippen MR) is 125 cm³/mol. The average Bonchev–Trinajstić information content (AvgIpc) is 3.04. The van der Waals surface area contributed by atoms with Gasteiger partial charge in [0.2, 0.25) is 0 Å². The van der Waals surface area contributed by atoms with E-state index in [1.807, 2.05) is 32.9 Å².